The molecular formula is C22H28N6O4S. The number of ether oxygens (including phenoxy) is 1. The summed E-state index contributed by atoms with van der Waals surface area (Å²) in [4.78, 5) is 4.19. The summed E-state index contributed by atoms with van der Waals surface area (Å²) in [6.07, 6.45) is 0.656. The molecule has 0 aliphatic carbocycles. The Morgan fingerprint density at radius 2 is 1.79 bits per heavy atom. The van der Waals surface area contributed by atoms with E-state index < -0.39 is 16.3 Å². The lowest BCUT2D eigenvalue weighted by Crippen LogP contribution is -2.39. The molecule has 3 N–H and O–H groups in total. The number of hydrazone groups is 1. The van der Waals surface area contributed by atoms with E-state index in [1.165, 1.54) is 12.6 Å². The van der Waals surface area contributed by atoms with Crippen LogP contribution in [0.5, 0.6) is 0 Å². The van der Waals surface area contributed by atoms with Crippen molar-refractivity contribution in [3.8, 4) is 11.5 Å². The Labute approximate surface area is 193 Å². The van der Waals surface area contributed by atoms with Crippen molar-refractivity contribution in [1.29, 1.82) is 0 Å². The van der Waals surface area contributed by atoms with Gasteiger partial charge in [-0.1, -0.05) is 41.1 Å². The Balaban J connectivity index is 0.000000374. The van der Waals surface area contributed by atoms with Crippen LogP contribution in [-0.2, 0) is 14.8 Å². The highest BCUT2D eigenvalue weighted by molar-refractivity contribution is 7.92. The van der Waals surface area contributed by atoms with E-state index in [0.29, 0.717) is 28.5 Å². The number of anilines is 1. The Bertz CT molecular complexity index is 1220. The second-order valence-electron chi connectivity index (χ2n) is 7.74. The van der Waals surface area contributed by atoms with E-state index in [4.69, 9.17) is 15.0 Å². The van der Waals surface area contributed by atoms with Crippen LogP contribution in [0.2, 0.25) is 0 Å². The van der Waals surface area contributed by atoms with Gasteiger partial charge in [0, 0.05) is 18.2 Å². The number of nitrogens with one attached hydrogen (secondary N) is 1. The zero-order valence-electron chi connectivity index (χ0n) is 19.2. The molecule has 2 aromatic carbocycles. The molecule has 2 heterocycles. The van der Waals surface area contributed by atoms with Crippen molar-refractivity contribution in [1.82, 2.24) is 15.6 Å². The van der Waals surface area contributed by atoms with Gasteiger partial charge in [-0.2, -0.15) is 4.98 Å². The fourth-order valence-electron chi connectivity index (χ4n) is 2.83. The summed E-state index contributed by atoms with van der Waals surface area (Å²) < 4.78 is 35.9. The Hall–Kier alpha value is -3.44. The van der Waals surface area contributed by atoms with E-state index >= 15 is 0 Å². The largest absolute Gasteiger partial charge is 0.449 e. The molecule has 1 aromatic heterocycles. The smallest absolute Gasteiger partial charge is 0.258 e. The molecule has 1 aliphatic rings. The standard InChI is InChI=1S/C15H20N6O4S.C7H8/c1-8(16)13-18-19-15(24-13)11-5-10(14-17-9(2)20-25-14)6-12(7-11)21(3)26(4,22)23;1-7-5-3-2-4-6-7/h5-8,13,18H,16H2,1-4H3;2-6H,1H3. The van der Waals surface area contributed by atoms with Gasteiger partial charge in [0.15, 0.2) is 5.82 Å². The molecule has 0 saturated carbocycles. The van der Waals surface area contributed by atoms with E-state index in [1.807, 2.05) is 18.2 Å². The number of hydrogen-bond donors (Lipinski definition) is 2. The first-order valence-electron chi connectivity index (χ1n) is 10.2. The molecule has 0 spiro atoms. The van der Waals surface area contributed by atoms with Crippen molar-refractivity contribution in [2.45, 2.75) is 33.0 Å². The van der Waals surface area contributed by atoms with Crippen LogP contribution in [0.25, 0.3) is 11.5 Å². The van der Waals surface area contributed by atoms with Crippen molar-refractivity contribution in [3.63, 3.8) is 0 Å². The number of nitrogens with two attached hydrogens (primary N) is 1. The van der Waals surface area contributed by atoms with Gasteiger partial charge in [-0.3, -0.25) is 9.73 Å². The third kappa shape index (κ3) is 6.30. The van der Waals surface area contributed by atoms with Crippen LogP contribution < -0.4 is 15.5 Å². The Morgan fingerprint density at radius 3 is 2.27 bits per heavy atom. The lowest BCUT2D eigenvalue weighted by Gasteiger charge is -2.19. The molecule has 33 heavy (non-hydrogen) atoms. The molecule has 10 nitrogen and oxygen atoms in total. The number of aromatic nitrogens is 2. The molecule has 0 saturated heterocycles. The molecule has 176 valence electrons. The molecule has 0 bridgehead atoms. The van der Waals surface area contributed by atoms with Gasteiger partial charge >= 0.3 is 0 Å². The van der Waals surface area contributed by atoms with Gasteiger partial charge in [-0.05, 0) is 39.0 Å². The highest BCUT2D eigenvalue weighted by atomic mass is 32.2. The average Bonchev–Trinajstić information content (AvgIpc) is 3.43. The van der Waals surface area contributed by atoms with Gasteiger partial charge in [0.2, 0.25) is 22.1 Å². The summed E-state index contributed by atoms with van der Waals surface area (Å²) in [6.45, 7) is 5.57. The number of sulfonamides is 1. The molecule has 1 aliphatic heterocycles. The fourth-order valence-corrected chi connectivity index (χ4v) is 3.32. The maximum absolute atomic E-state index is 11.9. The second kappa shape index (κ2) is 10.0. The van der Waals surface area contributed by atoms with Gasteiger partial charge in [0.05, 0.1) is 18.0 Å². The Kier molecular flexibility index (Phi) is 7.34. The third-order valence-electron chi connectivity index (χ3n) is 4.75. The Morgan fingerprint density at radius 1 is 1.12 bits per heavy atom. The molecule has 2 atom stereocenters. The normalized spacial score (nSPS) is 16.1. The number of benzene rings is 2. The fraction of sp³-hybridized carbons (Fsp3) is 0.318. The number of nitrogens with zero attached hydrogens (tertiary/aromatic N) is 4. The first-order valence-corrected chi connectivity index (χ1v) is 12.1. The summed E-state index contributed by atoms with van der Waals surface area (Å²) in [6, 6.07) is 15.0. The quantitative estimate of drug-likeness (QED) is 0.578. The summed E-state index contributed by atoms with van der Waals surface area (Å²) >= 11 is 0. The van der Waals surface area contributed by atoms with Crippen molar-refractivity contribution in [3.05, 3.63) is 65.5 Å². The minimum Gasteiger partial charge on any atom is -0.449 e. The van der Waals surface area contributed by atoms with Crippen LogP contribution in [0, 0.1) is 13.8 Å². The van der Waals surface area contributed by atoms with E-state index in [0.717, 1.165) is 10.6 Å². The summed E-state index contributed by atoms with van der Waals surface area (Å²) in [5, 5.41) is 7.91. The van der Waals surface area contributed by atoms with Crippen molar-refractivity contribution in [2.24, 2.45) is 10.8 Å². The average molecular weight is 473 g/mol. The van der Waals surface area contributed by atoms with Crippen LogP contribution in [-0.4, -0.2) is 50.0 Å². The van der Waals surface area contributed by atoms with Crippen LogP contribution in [0.15, 0.2) is 58.2 Å². The van der Waals surface area contributed by atoms with E-state index in [9.17, 15) is 8.42 Å². The van der Waals surface area contributed by atoms with E-state index in [2.05, 4.69) is 39.7 Å². The minimum atomic E-state index is -3.46. The van der Waals surface area contributed by atoms with Gasteiger partial charge in [-0.15, -0.1) is 5.10 Å². The van der Waals surface area contributed by atoms with Crippen LogP contribution in [0.1, 0.15) is 23.9 Å². The lowest BCUT2D eigenvalue weighted by molar-refractivity contribution is 0.162. The highest BCUT2D eigenvalue weighted by Gasteiger charge is 2.26. The molecule has 0 radical (unpaired) electrons. The number of hydrogen-bond acceptors (Lipinski definition) is 9. The zero-order chi connectivity index (χ0) is 24.2. The first kappa shape index (κ1) is 24.2. The highest BCUT2D eigenvalue weighted by Crippen LogP contribution is 2.28. The minimum absolute atomic E-state index is 0.266. The molecule has 3 aromatic rings. The molecule has 0 amide bonds. The molecule has 0 fully saturated rings. The zero-order valence-corrected chi connectivity index (χ0v) is 20.0. The maximum Gasteiger partial charge on any atom is 0.258 e. The molecule has 4 rings (SSSR count). The van der Waals surface area contributed by atoms with E-state index in [-0.39, 0.29) is 11.9 Å². The van der Waals surface area contributed by atoms with Crippen LogP contribution in [0.4, 0.5) is 5.69 Å². The monoisotopic (exact) mass is 472 g/mol. The molecule has 11 heteroatoms. The van der Waals surface area contributed by atoms with Crippen molar-refractivity contribution < 1.29 is 17.7 Å². The lowest BCUT2D eigenvalue weighted by atomic mass is 10.1. The van der Waals surface area contributed by atoms with Crippen molar-refractivity contribution >= 4 is 21.6 Å². The van der Waals surface area contributed by atoms with Crippen LogP contribution >= 0.6 is 0 Å². The predicted octanol–water partition coefficient (Wildman–Crippen LogP) is 2.39. The maximum atomic E-state index is 11.9. The predicted molar refractivity (Wildman–Crippen MR) is 127 cm³/mol. The summed E-state index contributed by atoms with van der Waals surface area (Å²) in [7, 11) is -2.01. The SMILES string of the molecule is Cc1ccccc1.Cc1noc(-c2cc(C3=NNC(C(C)N)O3)cc(N(C)S(C)(=O)=O)c2)n1. The number of aryl methyl sites for hydroxylation is 2. The first-order chi connectivity index (χ1) is 15.5. The van der Waals surface area contributed by atoms with Gasteiger partial charge < -0.3 is 15.0 Å². The topological polar surface area (TPSA) is 136 Å². The van der Waals surface area contributed by atoms with Crippen molar-refractivity contribution in [2.75, 3.05) is 17.6 Å². The van der Waals surface area contributed by atoms with Gasteiger partial charge in [-0.25, -0.2) is 8.42 Å². The summed E-state index contributed by atoms with van der Waals surface area (Å²) in [5.41, 5.74) is 11.5. The van der Waals surface area contributed by atoms with E-state index in [1.54, 1.807) is 32.0 Å². The molecule has 2 unspecified atom stereocenters. The van der Waals surface area contributed by atoms with Gasteiger partial charge in [0.1, 0.15) is 0 Å². The van der Waals surface area contributed by atoms with Gasteiger partial charge in [0.25, 0.3) is 5.89 Å². The van der Waals surface area contributed by atoms with Crippen LogP contribution in [0.3, 0.4) is 0 Å². The second-order valence-corrected chi connectivity index (χ2v) is 9.76. The summed E-state index contributed by atoms with van der Waals surface area (Å²) in [5.74, 6) is 1.04. The molecular weight excluding hydrogens is 444 g/mol. The third-order valence-corrected chi connectivity index (χ3v) is 5.96. The number of rotatable bonds is 5.